The molecule has 0 unspecified atom stereocenters. The van der Waals surface area contributed by atoms with Crippen molar-refractivity contribution in [3.05, 3.63) is 0 Å². The lowest BCUT2D eigenvalue weighted by atomic mass is 9.92. The van der Waals surface area contributed by atoms with Gasteiger partial charge < -0.3 is 10.2 Å². The number of rotatable bonds is 3. The quantitative estimate of drug-likeness (QED) is 0.826. The molecule has 1 aliphatic rings. The van der Waals surface area contributed by atoms with Crippen LogP contribution in [0.5, 0.6) is 0 Å². The summed E-state index contributed by atoms with van der Waals surface area (Å²) in [6, 6.07) is 0. The lowest BCUT2D eigenvalue weighted by Gasteiger charge is -2.47. The minimum atomic E-state index is -0.440. The van der Waals surface area contributed by atoms with Gasteiger partial charge in [0.15, 0.2) is 0 Å². The molecule has 4 nitrogen and oxygen atoms in total. The van der Waals surface area contributed by atoms with Crippen LogP contribution in [0.3, 0.4) is 0 Å². The van der Waals surface area contributed by atoms with Crippen molar-refractivity contribution in [2.75, 3.05) is 32.7 Å². The normalized spacial score (nSPS) is 18.3. The summed E-state index contributed by atoms with van der Waals surface area (Å²) in [7, 11) is 0. The van der Waals surface area contributed by atoms with Crippen LogP contribution in [0.25, 0.3) is 0 Å². The number of hydrogen-bond acceptors (Lipinski definition) is 3. The highest BCUT2D eigenvalue weighted by atomic mass is 16.2. The largest absolute Gasteiger partial charge is 0.339 e. The lowest BCUT2D eigenvalue weighted by molar-refractivity contribution is -0.146. The second-order valence-electron chi connectivity index (χ2n) is 6.52. The van der Waals surface area contributed by atoms with Crippen molar-refractivity contribution >= 4 is 5.91 Å². The monoisotopic (exact) mass is 255 g/mol. The van der Waals surface area contributed by atoms with Crippen molar-refractivity contribution < 1.29 is 4.79 Å². The van der Waals surface area contributed by atoms with E-state index in [2.05, 4.69) is 37.9 Å². The maximum atomic E-state index is 12.7. The molecule has 4 heteroatoms. The third-order valence-corrected chi connectivity index (χ3v) is 3.73. The van der Waals surface area contributed by atoms with Crippen molar-refractivity contribution in [3.63, 3.8) is 0 Å². The van der Waals surface area contributed by atoms with Gasteiger partial charge in [0, 0.05) is 31.7 Å². The second-order valence-corrected chi connectivity index (χ2v) is 6.52. The smallest absolute Gasteiger partial charge is 0.242 e. The molecule has 1 rings (SSSR count). The van der Waals surface area contributed by atoms with E-state index in [1.54, 1.807) is 0 Å². The Morgan fingerprint density at radius 1 is 1.17 bits per heavy atom. The van der Waals surface area contributed by atoms with Gasteiger partial charge in [0.1, 0.15) is 0 Å². The third-order valence-electron chi connectivity index (χ3n) is 3.73. The highest BCUT2D eigenvalue weighted by Crippen LogP contribution is 2.26. The van der Waals surface area contributed by atoms with E-state index in [-0.39, 0.29) is 11.4 Å². The number of nitrogens with one attached hydrogen (secondary N) is 1. The Bertz CT molecular complexity index is 288. The predicted molar refractivity (Wildman–Crippen MR) is 75.7 cm³/mol. The summed E-state index contributed by atoms with van der Waals surface area (Å²) < 4.78 is 0. The van der Waals surface area contributed by atoms with Gasteiger partial charge in [0.05, 0.1) is 5.54 Å². The number of hydrogen-bond donors (Lipinski definition) is 1. The van der Waals surface area contributed by atoms with Gasteiger partial charge in [-0.2, -0.15) is 0 Å². The zero-order valence-corrected chi connectivity index (χ0v) is 12.8. The van der Waals surface area contributed by atoms with Crippen LogP contribution in [0.15, 0.2) is 0 Å². The Kier molecular flexibility index (Phi) is 4.78. The first-order valence-corrected chi connectivity index (χ1v) is 6.99. The van der Waals surface area contributed by atoms with Crippen LogP contribution in [0.1, 0.15) is 41.5 Å². The van der Waals surface area contributed by atoms with Gasteiger partial charge in [0.25, 0.3) is 0 Å². The van der Waals surface area contributed by atoms with Gasteiger partial charge in [-0.25, -0.2) is 0 Å². The molecule has 1 heterocycles. The molecule has 1 fully saturated rings. The topological polar surface area (TPSA) is 35.6 Å². The highest BCUT2D eigenvalue weighted by Gasteiger charge is 2.41. The van der Waals surface area contributed by atoms with Gasteiger partial charge in [-0.05, 0) is 41.2 Å². The second kappa shape index (κ2) is 5.57. The van der Waals surface area contributed by atoms with E-state index < -0.39 is 5.54 Å². The van der Waals surface area contributed by atoms with Crippen LogP contribution < -0.4 is 5.32 Å². The molecule has 0 spiro atoms. The molecule has 18 heavy (non-hydrogen) atoms. The zero-order valence-electron chi connectivity index (χ0n) is 12.8. The number of carbonyl (C=O) groups excluding carboxylic acids is 1. The fourth-order valence-electron chi connectivity index (χ4n) is 3.08. The van der Waals surface area contributed by atoms with Crippen LogP contribution in [0.4, 0.5) is 0 Å². The summed E-state index contributed by atoms with van der Waals surface area (Å²) in [5.41, 5.74) is -0.438. The number of carbonyl (C=O) groups is 1. The maximum absolute atomic E-state index is 12.7. The summed E-state index contributed by atoms with van der Waals surface area (Å²) in [6.07, 6.45) is 0. The van der Waals surface area contributed by atoms with Gasteiger partial charge in [-0.1, -0.05) is 6.92 Å². The van der Waals surface area contributed by atoms with Crippen LogP contribution in [-0.4, -0.2) is 59.5 Å². The molecule has 0 saturated carbocycles. The van der Waals surface area contributed by atoms with Crippen LogP contribution >= 0.6 is 0 Å². The highest BCUT2D eigenvalue weighted by molar-refractivity contribution is 5.85. The first-order chi connectivity index (χ1) is 8.21. The molecule has 1 N–H and O–H groups in total. The summed E-state index contributed by atoms with van der Waals surface area (Å²) in [4.78, 5) is 17.0. The molecule has 1 saturated heterocycles. The van der Waals surface area contributed by atoms with Gasteiger partial charge in [-0.3, -0.25) is 9.69 Å². The van der Waals surface area contributed by atoms with Crippen LogP contribution in [-0.2, 0) is 4.79 Å². The number of amides is 1. The molecule has 106 valence electrons. The lowest BCUT2D eigenvalue weighted by Crippen LogP contribution is -2.63. The summed E-state index contributed by atoms with van der Waals surface area (Å²) in [5, 5.41) is 3.29. The van der Waals surface area contributed by atoms with Crippen molar-refractivity contribution in [3.8, 4) is 0 Å². The van der Waals surface area contributed by atoms with Crippen molar-refractivity contribution in [1.29, 1.82) is 0 Å². The molecule has 0 aromatic heterocycles. The Morgan fingerprint density at radius 3 is 2.06 bits per heavy atom. The van der Waals surface area contributed by atoms with Gasteiger partial charge in [-0.15, -0.1) is 0 Å². The van der Waals surface area contributed by atoms with Crippen molar-refractivity contribution in [2.24, 2.45) is 0 Å². The standard InChI is InChI=1S/C14H29N3O/c1-7-17(13(2,3)4)14(5,6)12(18)16-10-8-15-9-11-16/h15H,7-11H2,1-6H3. The number of likely N-dealkylation sites (N-methyl/N-ethyl adjacent to an activating group) is 1. The Balaban J connectivity index is 2.85. The van der Waals surface area contributed by atoms with E-state index >= 15 is 0 Å². The molecule has 0 aromatic carbocycles. The molecule has 0 radical (unpaired) electrons. The van der Waals surface area contributed by atoms with E-state index in [1.165, 1.54) is 0 Å². The summed E-state index contributed by atoms with van der Waals surface area (Å²) in [5.74, 6) is 0.251. The zero-order chi connectivity index (χ0) is 14.0. The molecule has 1 amide bonds. The molecule has 0 aromatic rings. The minimum Gasteiger partial charge on any atom is -0.339 e. The van der Waals surface area contributed by atoms with Crippen LogP contribution in [0.2, 0.25) is 0 Å². The van der Waals surface area contributed by atoms with E-state index in [0.29, 0.717) is 0 Å². The van der Waals surface area contributed by atoms with Crippen molar-refractivity contribution in [2.45, 2.75) is 52.6 Å². The fraction of sp³-hybridized carbons (Fsp3) is 0.929. The molecule has 0 atom stereocenters. The Hall–Kier alpha value is -0.610. The van der Waals surface area contributed by atoms with E-state index in [0.717, 1.165) is 32.7 Å². The maximum Gasteiger partial charge on any atom is 0.242 e. The molecule has 1 aliphatic heterocycles. The van der Waals surface area contributed by atoms with E-state index in [1.807, 2.05) is 18.7 Å². The minimum absolute atomic E-state index is 0.00193. The molecular formula is C14H29N3O. The SMILES string of the molecule is CCN(C(C)(C)C)C(C)(C)C(=O)N1CCNCC1. The van der Waals surface area contributed by atoms with E-state index in [4.69, 9.17) is 0 Å². The molecule has 0 aliphatic carbocycles. The summed E-state index contributed by atoms with van der Waals surface area (Å²) in [6.45, 7) is 17.1. The Labute approximate surface area is 112 Å². The van der Waals surface area contributed by atoms with Crippen LogP contribution in [0, 0.1) is 0 Å². The summed E-state index contributed by atoms with van der Waals surface area (Å²) >= 11 is 0. The molecular weight excluding hydrogens is 226 g/mol. The third kappa shape index (κ3) is 3.23. The average Bonchev–Trinajstić information content (AvgIpc) is 2.27. The molecule has 0 bridgehead atoms. The van der Waals surface area contributed by atoms with Crippen molar-refractivity contribution in [1.82, 2.24) is 15.1 Å². The predicted octanol–water partition coefficient (Wildman–Crippen LogP) is 1.32. The number of nitrogens with zero attached hydrogens (tertiary/aromatic N) is 2. The number of piperazine rings is 1. The fourth-order valence-corrected chi connectivity index (χ4v) is 3.08. The van der Waals surface area contributed by atoms with Gasteiger partial charge in [0.2, 0.25) is 5.91 Å². The Morgan fingerprint density at radius 2 is 1.67 bits per heavy atom. The van der Waals surface area contributed by atoms with Gasteiger partial charge >= 0.3 is 0 Å². The first-order valence-electron chi connectivity index (χ1n) is 6.99. The van der Waals surface area contributed by atoms with E-state index in [9.17, 15) is 4.79 Å². The average molecular weight is 255 g/mol. The first kappa shape index (κ1) is 15.4.